The maximum Gasteiger partial charge on any atom is 0.171 e. The van der Waals surface area contributed by atoms with Crippen molar-refractivity contribution in [2.24, 2.45) is 5.92 Å². The van der Waals surface area contributed by atoms with Gasteiger partial charge in [-0.25, -0.2) is 0 Å². The van der Waals surface area contributed by atoms with E-state index in [1.54, 1.807) is 12.3 Å². The second-order valence-corrected chi connectivity index (χ2v) is 7.94. The quantitative estimate of drug-likeness (QED) is 0.475. The van der Waals surface area contributed by atoms with Crippen LogP contribution in [0.2, 0.25) is 5.02 Å². The first-order chi connectivity index (χ1) is 14.6. The number of rotatable bonds is 5. The van der Waals surface area contributed by atoms with Gasteiger partial charge in [-0.05, 0) is 41.8 Å². The Bertz CT molecular complexity index is 1230. The summed E-state index contributed by atoms with van der Waals surface area (Å²) < 4.78 is 7.76. The fraction of sp³-hybridized carbons (Fsp3) is 0.217. The molecule has 152 valence electrons. The zero-order valence-corrected chi connectivity index (χ0v) is 16.9. The topological polar surface area (TPSA) is 80.1 Å². The summed E-state index contributed by atoms with van der Waals surface area (Å²) in [4.78, 5) is 13.4. The van der Waals surface area contributed by atoms with E-state index in [0.29, 0.717) is 30.2 Å². The summed E-state index contributed by atoms with van der Waals surface area (Å²) in [6.45, 7) is 0.747. The molecule has 0 bridgehead atoms. The van der Waals surface area contributed by atoms with Crippen LogP contribution in [0.5, 0.6) is 5.75 Å². The Morgan fingerprint density at radius 3 is 2.97 bits per heavy atom. The van der Waals surface area contributed by atoms with Crippen LogP contribution in [0.3, 0.4) is 0 Å². The van der Waals surface area contributed by atoms with Gasteiger partial charge in [-0.3, -0.25) is 9.89 Å². The third-order valence-electron chi connectivity index (χ3n) is 5.62. The summed E-state index contributed by atoms with van der Waals surface area (Å²) in [7, 11) is 0. The number of ether oxygens (including phenoxy) is 1. The first-order valence-electron chi connectivity index (χ1n) is 9.82. The van der Waals surface area contributed by atoms with Gasteiger partial charge in [0.25, 0.3) is 0 Å². The van der Waals surface area contributed by atoms with Crippen LogP contribution in [0, 0.1) is 5.92 Å². The molecule has 7 heteroatoms. The van der Waals surface area contributed by atoms with Crippen LogP contribution in [0.4, 0.5) is 0 Å². The largest absolute Gasteiger partial charge is 0.493 e. The number of hydrogen-bond donors (Lipinski definition) is 2. The van der Waals surface area contributed by atoms with Crippen LogP contribution in [0.15, 0.2) is 55.0 Å². The van der Waals surface area contributed by atoms with Crippen LogP contribution in [0.1, 0.15) is 15.9 Å². The number of nitrogens with zero attached hydrogens (tertiary/aromatic N) is 2. The molecule has 2 N–H and O–H groups in total. The van der Waals surface area contributed by atoms with E-state index in [1.807, 2.05) is 47.3 Å². The number of aliphatic hydroxyl groups excluding tert-OH is 1. The van der Waals surface area contributed by atoms with E-state index >= 15 is 0 Å². The monoisotopic (exact) mass is 421 g/mol. The van der Waals surface area contributed by atoms with E-state index in [0.717, 1.165) is 33.3 Å². The van der Waals surface area contributed by atoms with Crippen molar-refractivity contribution >= 4 is 28.3 Å². The van der Waals surface area contributed by atoms with Crippen molar-refractivity contribution in [3.8, 4) is 16.9 Å². The molecule has 0 aliphatic carbocycles. The zero-order chi connectivity index (χ0) is 20.7. The molecule has 4 aromatic rings. The predicted molar refractivity (Wildman–Crippen MR) is 115 cm³/mol. The number of hydrogen-bond acceptors (Lipinski definition) is 4. The van der Waals surface area contributed by atoms with E-state index in [1.165, 1.54) is 0 Å². The number of nitrogens with one attached hydrogen (secondary N) is 1. The smallest absolute Gasteiger partial charge is 0.171 e. The number of benzene rings is 2. The fourth-order valence-electron chi connectivity index (χ4n) is 4.12. The molecule has 30 heavy (non-hydrogen) atoms. The standard InChI is InChI=1S/C23H20ClN3O3/c24-18-2-4-22-15(8-18)7-16(13-30-22)23(29)20-12-27(5-6-28)21-9-14(1-3-19(20)21)17-10-25-26-11-17/h1-4,8-12,16,28H,5-7,13H2,(H,25,26). The summed E-state index contributed by atoms with van der Waals surface area (Å²) in [5, 5.41) is 17.8. The van der Waals surface area contributed by atoms with Crippen LogP contribution < -0.4 is 4.74 Å². The number of carbonyl (C=O) groups excluding carboxylic acids is 1. The Morgan fingerprint density at radius 2 is 2.17 bits per heavy atom. The van der Waals surface area contributed by atoms with Gasteiger partial charge in [0.05, 0.1) is 25.3 Å². The maximum absolute atomic E-state index is 13.4. The highest BCUT2D eigenvalue weighted by atomic mass is 35.5. The molecular formula is C23H20ClN3O3. The molecule has 1 aliphatic rings. The predicted octanol–water partition coefficient (Wildman–Crippen LogP) is 4.11. The summed E-state index contributed by atoms with van der Waals surface area (Å²) in [5.74, 6) is 0.548. The third-order valence-corrected chi connectivity index (χ3v) is 5.85. The number of halogens is 1. The van der Waals surface area contributed by atoms with Gasteiger partial charge in [0.15, 0.2) is 5.78 Å². The van der Waals surface area contributed by atoms with Gasteiger partial charge in [-0.15, -0.1) is 0 Å². The highest BCUT2D eigenvalue weighted by Crippen LogP contribution is 2.34. The van der Waals surface area contributed by atoms with Crippen LogP contribution in [-0.4, -0.2) is 38.9 Å². The Morgan fingerprint density at radius 1 is 1.27 bits per heavy atom. The van der Waals surface area contributed by atoms with Crippen molar-refractivity contribution in [1.29, 1.82) is 0 Å². The van der Waals surface area contributed by atoms with E-state index in [2.05, 4.69) is 10.2 Å². The molecule has 0 amide bonds. The molecule has 1 atom stereocenters. The lowest BCUT2D eigenvalue weighted by Gasteiger charge is -2.24. The number of carbonyl (C=O) groups is 1. The lowest BCUT2D eigenvalue weighted by Crippen LogP contribution is -2.28. The SMILES string of the molecule is O=C(c1cn(CCO)c2cc(-c3cn[nH]c3)ccc12)C1COc2ccc(Cl)cc2C1. The van der Waals surface area contributed by atoms with E-state index in [9.17, 15) is 9.90 Å². The van der Waals surface area contributed by atoms with Crippen molar-refractivity contribution < 1.29 is 14.6 Å². The van der Waals surface area contributed by atoms with E-state index < -0.39 is 0 Å². The lowest BCUT2D eigenvalue weighted by atomic mass is 9.89. The maximum atomic E-state index is 13.4. The van der Waals surface area contributed by atoms with E-state index in [-0.39, 0.29) is 18.3 Å². The van der Waals surface area contributed by atoms with Gasteiger partial charge >= 0.3 is 0 Å². The van der Waals surface area contributed by atoms with Gasteiger partial charge < -0.3 is 14.4 Å². The average Bonchev–Trinajstić information content (AvgIpc) is 3.41. The third kappa shape index (κ3) is 3.28. The summed E-state index contributed by atoms with van der Waals surface area (Å²) in [5.41, 5.74) is 4.48. The molecule has 1 aliphatic heterocycles. The molecule has 0 fully saturated rings. The second-order valence-electron chi connectivity index (χ2n) is 7.51. The first-order valence-corrected chi connectivity index (χ1v) is 10.2. The minimum Gasteiger partial charge on any atom is -0.493 e. The van der Waals surface area contributed by atoms with Crippen LogP contribution in [-0.2, 0) is 13.0 Å². The fourth-order valence-corrected chi connectivity index (χ4v) is 4.32. The Kier molecular flexibility index (Phi) is 4.81. The first kappa shape index (κ1) is 18.9. The summed E-state index contributed by atoms with van der Waals surface area (Å²) in [6.07, 6.45) is 6.02. The van der Waals surface area contributed by atoms with Crippen LogP contribution in [0.25, 0.3) is 22.0 Å². The average molecular weight is 422 g/mol. The zero-order valence-electron chi connectivity index (χ0n) is 16.1. The van der Waals surface area contributed by atoms with Crippen molar-refractivity contribution in [2.75, 3.05) is 13.2 Å². The molecule has 0 saturated heterocycles. The molecule has 2 aromatic carbocycles. The van der Waals surface area contributed by atoms with Crippen molar-refractivity contribution in [3.63, 3.8) is 0 Å². The summed E-state index contributed by atoms with van der Waals surface area (Å²) >= 11 is 6.12. The highest BCUT2D eigenvalue weighted by Gasteiger charge is 2.29. The number of aromatic nitrogens is 3. The number of fused-ring (bicyclic) bond motifs is 2. The Balaban J connectivity index is 1.53. The van der Waals surface area contributed by atoms with Gasteiger partial charge in [-0.2, -0.15) is 5.10 Å². The second kappa shape index (κ2) is 7.63. The molecule has 1 unspecified atom stereocenters. The summed E-state index contributed by atoms with van der Waals surface area (Å²) in [6, 6.07) is 11.5. The van der Waals surface area contributed by atoms with Gasteiger partial charge in [0.2, 0.25) is 0 Å². The van der Waals surface area contributed by atoms with E-state index in [4.69, 9.17) is 16.3 Å². The van der Waals surface area contributed by atoms with Crippen molar-refractivity contribution in [1.82, 2.24) is 14.8 Å². The van der Waals surface area contributed by atoms with Gasteiger partial charge in [0, 0.05) is 46.0 Å². The van der Waals surface area contributed by atoms with Crippen molar-refractivity contribution in [3.05, 3.63) is 71.1 Å². The Hall–Kier alpha value is -3.09. The number of H-pyrrole nitrogens is 1. The number of aromatic amines is 1. The Labute approximate surface area is 178 Å². The molecular weight excluding hydrogens is 402 g/mol. The highest BCUT2D eigenvalue weighted by molar-refractivity contribution is 6.30. The van der Waals surface area contributed by atoms with Crippen LogP contribution >= 0.6 is 11.6 Å². The number of ketones is 1. The number of aliphatic hydroxyl groups is 1. The molecule has 3 heterocycles. The molecule has 2 aromatic heterocycles. The van der Waals surface area contributed by atoms with Gasteiger partial charge in [0.1, 0.15) is 5.75 Å². The molecule has 0 saturated carbocycles. The minimum atomic E-state index is -0.280. The molecule has 0 spiro atoms. The molecule has 6 nitrogen and oxygen atoms in total. The van der Waals surface area contributed by atoms with Crippen molar-refractivity contribution in [2.45, 2.75) is 13.0 Å². The lowest BCUT2D eigenvalue weighted by molar-refractivity contribution is 0.0856. The minimum absolute atomic E-state index is 0.00817. The molecule has 0 radical (unpaired) electrons. The number of Topliss-reactive ketones (excluding diaryl/α,β-unsaturated/α-hetero) is 1. The van der Waals surface area contributed by atoms with Gasteiger partial charge in [-0.1, -0.05) is 23.7 Å². The normalized spacial score (nSPS) is 15.7. The molecule has 5 rings (SSSR count).